The Morgan fingerprint density at radius 2 is 1.47 bits per heavy atom. The number of carbonyl (C=O) groups excluding carboxylic acids is 2. The summed E-state index contributed by atoms with van der Waals surface area (Å²) >= 11 is 0. The molecule has 0 radical (unpaired) electrons. The molecule has 1 aliphatic rings. The van der Waals surface area contributed by atoms with Crippen molar-refractivity contribution in [3.8, 4) is 45.8 Å². The first-order valence-corrected chi connectivity index (χ1v) is 13.2. The molecule has 2 heterocycles. The molecule has 9 heteroatoms. The minimum absolute atomic E-state index is 0.0725. The molecule has 5 aromatic rings. The van der Waals surface area contributed by atoms with E-state index in [9.17, 15) is 9.59 Å². The van der Waals surface area contributed by atoms with Gasteiger partial charge in [0.2, 0.25) is 5.78 Å². The average Bonchev–Trinajstić information content (AvgIpc) is 3.57. The van der Waals surface area contributed by atoms with Crippen LogP contribution in [-0.4, -0.2) is 40.2 Å². The first-order chi connectivity index (χ1) is 20.9. The number of benzene rings is 4. The maximum Gasteiger partial charge on any atom is 0.348 e. The molecule has 0 aliphatic carbocycles. The molecule has 216 valence electrons. The van der Waals surface area contributed by atoms with Gasteiger partial charge in [0.05, 0.1) is 34.0 Å². The van der Waals surface area contributed by atoms with Gasteiger partial charge in [-0.05, 0) is 42.5 Å². The van der Waals surface area contributed by atoms with Crippen molar-refractivity contribution < 1.29 is 42.4 Å². The highest BCUT2D eigenvalue weighted by Crippen LogP contribution is 2.40. The number of carbonyl (C=O) groups is 2. The van der Waals surface area contributed by atoms with Crippen molar-refractivity contribution in [2.45, 2.75) is 0 Å². The summed E-state index contributed by atoms with van der Waals surface area (Å²) in [6.07, 6.45) is 1.56. The Kier molecular flexibility index (Phi) is 7.21. The van der Waals surface area contributed by atoms with Crippen LogP contribution in [0, 0.1) is 0 Å². The normalized spacial score (nSPS) is 13.0. The van der Waals surface area contributed by atoms with Gasteiger partial charge in [-0.3, -0.25) is 4.79 Å². The van der Waals surface area contributed by atoms with Crippen LogP contribution in [0.3, 0.4) is 0 Å². The predicted octanol–water partition coefficient (Wildman–Crippen LogP) is 6.97. The Morgan fingerprint density at radius 3 is 2.19 bits per heavy atom. The minimum atomic E-state index is -0.638. The van der Waals surface area contributed by atoms with Crippen molar-refractivity contribution in [1.29, 1.82) is 0 Å². The maximum atomic E-state index is 13.7. The van der Waals surface area contributed by atoms with Gasteiger partial charge < -0.3 is 32.8 Å². The second kappa shape index (κ2) is 11.3. The number of rotatable bonds is 8. The van der Waals surface area contributed by atoms with E-state index in [0.29, 0.717) is 56.4 Å². The fourth-order valence-electron chi connectivity index (χ4n) is 4.89. The predicted molar refractivity (Wildman–Crippen MR) is 159 cm³/mol. The van der Waals surface area contributed by atoms with Gasteiger partial charge in [0.15, 0.2) is 17.3 Å². The van der Waals surface area contributed by atoms with Crippen LogP contribution in [0.1, 0.15) is 26.3 Å². The number of ether oxygens (including phenoxy) is 6. The number of esters is 1. The molecule has 1 aliphatic heterocycles. The van der Waals surface area contributed by atoms with E-state index in [2.05, 4.69) is 0 Å². The lowest BCUT2D eigenvalue weighted by Gasteiger charge is -2.12. The van der Waals surface area contributed by atoms with Crippen LogP contribution in [-0.2, 0) is 0 Å². The highest BCUT2D eigenvalue weighted by Gasteiger charge is 2.30. The zero-order valence-corrected chi connectivity index (χ0v) is 23.8. The third-order valence-electron chi connectivity index (χ3n) is 7.01. The Balaban J connectivity index is 1.32. The molecule has 0 bridgehead atoms. The van der Waals surface area contributed by atoms with Crippen LogP contribution < -0.4 is 28.4 Å². The summed E-state index contributed by atoms with van der Waals surface area (Å²) in [6, 6.07) is 22.5. The number of fused-ring (bicyclic) bond motifs is 2. The lowest BCUT2D eigenvalue weighted by Crippen LogP contribution is -2.09. The Morgan fingerprint density at radius 1 is 0.744 bits per heavy atom. The van der Waals surface area contributed by atoms with Gasteiger partial charge in [0, 0.05) is 28.6 Å². The summed E-state index contributed by atoms with van der Waals surface area (Å²) in [7, 11) is 6.10. The summed E-state index contributed by atoms with van der Waals surface area (Å²) in [5.41, 5.74) is 2.36. The van der Waals surface area contributed by atoms with Gasteiger partial charge in [-0.2, -0.15) is 0 Å². The standard InChI is InChI=1S/C34H26O9/c1-37-21-11-13-25-24(16-21)31(33(43-25)19-8-6-5-7-9-19)34(36)41-22-10-12-23-27(17-22)42-30(32(23)35)15-20-14-28(39-3)29(40-4)18-26(20)38-2/h5-18H,1-4H3/b30-15-. The van der Waals surface area contributed by atoms with E-state index in [0.717, 1.165) is 0 Å². The van der Waals surface area contributed by atoms with E-state index in [1.165, 1.54) is 27.4 Å². The Labute approximate surface area is 246 Å². The molecule has 0 N–H and O–H groups in total. The number of methoxy groups -OCH3 is 4. The van der Waals surface area contributed by atoms with Crippen molar-refractivity contribution in [2.24, 2.45) is 0 Å². The van der Waals surface area contributed by atoms with Crippen LogP contribution >= 0.6 is 0 Å². The quantitative estimate of drug-likeness (QED) is 0.110. The van der Waals surface area contributed by atoms with Gasteiger partial charge >= 0.3 is 5.97 Å². The molecule has 0 amide bonds. The zero-order valence-electron chi connectivity index (χ0n) is 23.8. The van der Waals surface area contributed by atoms with Crippen LogP contribution in [0.2, 0.25) is 0 Å². The first kappa shape index (κ1) is 27.5. The molecule has 0 saturated heterocycles. The molecule has 0 atom stereocenters. The van der Waals surface area contributed by atoms with Crippen molar-refractivity contribution in [2.75, 3.05) is 28.4 Å². The summed E-state index contributed by atoms with van der Waals surface area (Å²) in [6.45, 7) is 0. The summed E-state index contributed by atoms with van der Waals surface area (Å²) in [4.78, 5) is 26.8. The van der Waals surface area contributed by atoms with Crippen LogP contribution in [0.15, 0.2) is 89.0 Å². The summed E-state index contributed by atoms with van der Waals surface area (Å²) < 4.78 is 39.4. The van der Waals surface area contributed by atoms with Crippen molar-refractivity contribution >= 4 is 28.8 Å². The van der Waals surface area contributed by atoms with Crippen molar-refractivity contribution in [1.82, 2.24) is 0 Å². The molecular formula is C34H26O9. The summed E-state index contributed by atoms with van der Waals surface area (Å²) in [5.74, 6) is 1.90. The topological polar surface area (TPSA) is 103 Å². The lowest BCUT2D eigenvalue weighted by molar-refractivity contribution is 0.0736. The molecule has 9 nitrogen and oxygen atoms in total. The first-order valence-electron chi connectivity index (χ1n) is 13.2. The third-order valence-corrected chi connectivity index (χ3v) is 7.01. The van der Waals surface area contributed by atoms with Gasteiger partial charge in [-0.15, -0.1) is 0 Å². The molecule has 1 aromatic heterocycles. The van der Waals surface area contributed by atoms with Crippen LogP contribution in [0.5, 0.6) is 34.5 Å². The number of allylic oxidation sites excluding steroid dienone is 1. The lowest BCUT2D eigenvalue weighted by atomic mass is 10.1. The number of furan rings is 1. The molecule has 0 unspecified atom stereocenters. The fraction of sp³-hybridized carbons (Fsp3) is 0.118. The van der Waals surface area contributed by atoms with E-state index in [1.54, 1.807) is 55.7 Å². The van der Waals surface area contributed by atoms with E-state index >= 15 is 0 Å². The highest BCUT2D eigenvalue weighted by atomic mass is 16.5. The SMILES string of the molecule is COc1ccc2oc(-c3ccccc3)c(C(=O)Oc3ccc4c(c3)O/C(=C\c3cc(OC)c(OC)cc3OC)C4=O)c2c1. The fourth-order valence-corrected chi connectivity index (χ4v) is 4.89. The second-order valence-electron chi connectivity index (χ2n) is 9.47. The van der Waals surface area contributed by atoms with E-state index in [4.69, 9.17) is 32.8 Å². The third kappa shape index (κ3) is 5.01. The van der Waals surface area contributed by atoms with E-state index < -0.39 is 5.97 Å². The summed E-state index contributed by atoms with van der Waals surface area (Å²) in [5, 5.41) is 0.546. The zero-order chi connectivity index (χ0) is 30.1. The number of hydrogen-bond acceptors (Lipinski definition) is 9. The monoisotopic (exact) mass is 578 g/mol. The van der Waals surface area contributed by atoms with Crippen LogP contribution in [0.25, 0.3) is 28.4 Å². The Bertz CT molecular complexity index is 1900. The van der Waals surface area contributed by atoms with Gasteiger partial charge in [-0.1, -0.05) is 30.3 Å². The molecule has 0 spiro atoms. The van der Waals surface area contributed by atoms with Gasteiger partial charge in [-0.25, -0.2) is 4.79 Å². The minimum Gasteiger partial charge on any atom is -0.497 e. The largest absolute Gasteiger partial charge is 0.497 e. The Hall–Kier alpha value is -5.70. The van der Waals surface area contributed by atoms with Crippen molar-refractivity contribution in [3.63, 3.8) is 0 Å². The van der Waals surface area contributed by atoms with E-state index in [-0.39, 0.29) is 28.6 Å². The molecule has 0 saturated carbocycles. The molecule has 6 rings (SSSR count). The van der Waals surface area contributed by atoms with E-state index in [1.807, 2.05) is 30.3 Å². The highest BCUT2D eigenvalue weighted by molar-refractivity contribution is 6.15. The van der Waals surface area contributed by atoms with Crippen LogP contribution in [0.4, 0.5) is 0 Å². The second-order valence-corrected chi connectivity index (χ2v) is 9.47. The number of hydrogen-bond donors (Lipinski definition) is 0. The van der Waals surface area contributed by atoms with Gasteiger partial charge in [0.25, 0.3) is 0 Å². The average molecular weight is 579 g/mol. The molecule has 4 aromatic carbocycles. The molecule has 43 heavy (non-hydrogen) atoms. The van der Waals surface area contributed by atoms with Crippen molar-refractivity contribution in [3.05, 3.63) is 101 Å². The smallest absolute Gasteiger partial charge is 0.348 e. The number of ketones is 1. The van der Waals surface area contributed by atoms with Gasteiger partial charge in [0.1, 0.15) is 39.9 Å². The number of Topliss-reactive ketones (excluding diaryl/α,β-unsaturated/α-hetero) is 1. The molecular weight excluding hydrogens is 552 g/mol. The molecule has 0 fully saturated rings. The maximum absolute atomic E-state index is 13.7.